The molecule has 0 N–H and O–H groups in total. The lowest BCUT2D eigenvalue weighted by atomic mass is 9.74. The number of hydrogen-bond donors (Lipinski definition) is 0. The van der Waals surface area contributed by atoms with E-state index in [1.807, 2.05) is 13.0 Å². The van der Waals surface area contributed by atoms with Crippen LogP contribution in [0.5, 0.6) is 0 Å². The lowest BCUT2D eigenvalue weighted by Crippen LogP contribution is -2.37. The Morgan fingerprint density at radius 1 is 1.30 bits per heavy atom. The van der Waals surface area contributed by atoms with Crippen molar-refractivity contribution in [3.05, 3.63) is 30.3 Å². The lowest BCUT2D eigenvalue weighted by Gasteiger charge is -2.27. The predicted molar refractivity (Wildman–Crippen MR) is 76.1 cm³/mol. The lowest BCUT2D eigenvalue weighted by molar-refractivity contribution is -0.130. The van der Waals surface area contributed by atoms with E-state index in [4.69, 9.17) is 0 Å². The van der Waals surface area contributed by atoms with Gasteiger partial charge in [-0.15, -0.1) is 0 Å². The molecule has 0 spiro atoms. The van der Waals surface area contributed by atoms with Crippen molar-refractivity contribution in [1.82, 2.24) is 0 Å². The Morgan fingerprint density at radius 2 is 1.95 bits per heavy atom. The van der Waals surface area contributed by atoms with Crippen molar-refractivity contribution in [2.24, 2.45) is 11.3 Å². The van der Waals surface area contributed by atoms with E-state index in [9.17, 15) is 14.4 Å². The highest BCUT2D eigenvalue weighted by atomic mass is 16.2. The Morgan fingerprint density at radius 3 is 2.50 bits per heavy atom. The standard InChI is InChI=1S/C16H19NO3/c1-3-9-16(2,11-18)13-10-14(19)17(15(13)20)12-7-5-4-6-8-12/h4-8,11,13H,3,9-10H2,1-2H3/t13-,16-/m1/s1. The number of imide groups is 1. The quantitative estimate of drug-likeness (QED) is 0.612. The minimum Gasteiger partial charge on any atom is -0.303 e. The first-order valence-electron chi connectivity index (χ1n) is 6.91. The molecule has 1 aromatic carbocycles. The van der Waals surface area contributed by atoms with Crippen LogP contribution >= 0.6 is 0 Å². The molecule has 106 valence electrons. The molecular weight excluding hydrogens is 254 g/mol. The smallest absolute Gasteiger partial charge is 0.238 e. The van der Waals surface area contributed by atoms with Crippen LogP contribution in [-0.4, -0.2) is 18.1 Å². The van der Waals surface area contributed by atoms with Gasteiger partial charge in [0.1, 0.15) is 6.29 Å². The van der Waals surface area contributed by atoms with Crippen molar-refractivity contribution in [1.29, 1.82) is 0 Å². The molecule has 1 fully saturated rings. The van der Waals surface area contributed by atoms with Crippen LogP contribution < -0.4 is 4.90 Å². The molecule has 0 radical (unpaired) electrons. The molecule has 4 heteroatoms. The molecular formula is C16H19NO3. The van der Waals surface area contributed by atoms with Crippen molar-refractivity contribution < 1.29 is 14.4 Å². The SMILES string of the molecule is CCC[C@](C)(C=O)[C@@H]1CC(=O)N(c2ccccc2)C1=O. The predicted octanol–water partition coefficient (Wildman–Crippen LogP) is 2.57. The van der Waals surface area contributed by atoms with Gasteiger partial charge in [0.05, 0.1) is 11.6 Å². The number of aldehydes is 1. The van der Waals surface area contributed by atoms with Gasteiger partial charge in [-0.3, -0.25) is 14.5 Å². The van der Waals surface area contributed by atoms with Crippen LogP contribution in [0.1, 0.15) is 33.1 Å². The highest BCUT2D eigenvalue weighted by Gasteiger charge is 2.48. The van der Waals surface area contributed by atoms with Gasteiger partial charge in [-0.25, -0.2) is 0 Å². The van der Waals surface area contributed by atoms with E-state index in [-0.39, 0.29) is 18.2 Å². The van der Waals surface area contributed by atoms with E-state index >= 15 is 0 Å². The first kappa shape index (κ1) is 14.4. The summed E-state index contributed by atoms with van der Waals surface area (Å²) in [5.74, 6) is -1.03. The molecule has 0 bridgehead atoms. The van der Waals surface area contributed by atoms with Crippen LogP contribution in [0, 0.1) is 11.3 Å². The molecule has 1 saturated heterocycles. The average molecular weight is 273 g/mol. The Balaban J connectivity index is 2.32. The topological polar surface area (TPSA) is 54.5 Å². The van der Waals surface area contributed by atoms with Gasteiger partial charge in [-0.1, -0.05) is 38.5 Å². The van der Waals surface area contributed by atoms with E-state index in [0.717, 1.165) is 12.7 Å². The fourth-order valence-corrected chi connectivity index (χ4v) is 2.85. The third-order valence-corrected chi connectivity index (χ3v) is 4.01. The van der Waals surface area contributed by atoms with Crippen molar-refractivity contribution in [2.45, 2.75) is 33.1 Å². The number of amides is 2. The summed E-state index contributed by atoms with van der Waals surface area (Å²) in [5.41, 5.74) is -0.180. The number of hydrogen-bond acceptors (Lipinski definition) is 3. The molecule has 1 aliphatic heterocycles. The van der Waals surface area contributed by atoms with E-state index in [0.29, 0.717) is 12.1 Å². The van der Waals surface area contributed by atoms with Crippen LogP contribution in [0.2, 0.25) is 0 Å². The fourth-order valence-electron chi connectivity index (χ4n) is 2.85. The van der Waals surface area contributed by atoms with Crippen molar-refractivity contribution in [3.8, 4) is 0 Å². The van der Waals surface area contributed by atoms with Gasteiger partial charge < -0.3 is 4.79 Å². The highest BCUT2D eigenvalue weighted by Crippen LogP contribution is 2.39. The maximum absolute atomic E-state index is 12.5. The van der Waals surface area contributed by atoms with Gasteiger partial charge in [-0.2, -0.15) is 0 Å². The van der Waals surface area contributed by atoms with E-state index in [1.54, 1.807) is 31.2 Å². The molecule has 0 aliphatic carbocycles. The summed E-state index contributed by atoms with van der Waals surface area (Å²) >= 11 is 0. The molecule has 4 nitrogen and oxygen atoms in total. The number of para-hydroxylation sites is 1. The Hall–Kier alpha value is -1.97. The summed E-state index contributed by atoms with van der Waals surface area (Å²) in [5, 5.41) is 0. The summed E-state index contributed by atoms with van der Waals surface area (Å²) < 4.78 is 0. The Bertz CT molecular complexity index is 526. The Kier molecular flexibility index (Phi) is 4.02. The van der Waals surface area contributed by atoms with Gasteiger partial charge in [0.15, 0.2) is 0 Å². The molecule has 2 atom stereocenters. The van der Waals surface area contributed by atoms with Crippen LogP contribution in [0.3, 0.4) is 0 Å². The summed E-state index contributed by atoms with van der Waals surface area (Å²) in [6.07, 6.45) is 2.37. The van der Waals surface area contributed by atoms with Gasteiger partial charge in [0, 0.05) is 11.8 Å². The maximum atomic E-state index is 12.5. The third-order valence-electron chi connectivity index (χ3n) is 4.01. The molecule has 2 amide bonds. The zero-order valence-corrected chi connectivity index (χ0v) is 11.8. The average Bonchev–Trinajstić information content (AvgIpc) is 2.76. The number of nitrogens with zero attached hydrogens (tertiary/aromatic N) is 1. The maximum Gasteiger partial charge on any atom is 0.238 e. The number of benzene rings is 1. The van der Waals surface area contributed by atoms with Crippen molar-refractivity contribution in [2.75, 3.05) is 4.90 Å². The number of carbonyl (C=O) groups excluding carboxylic acids is 3. The summed E-state index contributed by atoms with van der Waals surface area (Å²) in [6, 6.07) is 8.87. The van der Waals surface area contributed by atoms with Crippen LogP contribution in [0.25, 0.3) is 0 Å². The van der Waals surface area contributed by atoms with Crippen LogP contribution in [0.4, 0.5) is 5.69 Å². The second-order valence-corrected chi connectivity index (χ2v) is 5.53. The summed E-state index contributed by atoms with van der Waals surface area (Å²) in [6.45, 7) is 3.74. The van der Waals surface area contributed by atoms with Crippen LogP contribution in [0.15, 0.2) is 30.3 Å². The van der Waals surface area contributed by atoms with Crippen molar-refractivity contribution in [3.63, 3.8) is 0 Å². The number of anilines is 1. The molecule has 0 unspecified atom stereocenters. The molecule has 20 heavy (non-hydrogen) atoms. The number of carbonyl (C=O) groups is 3. The zero-order chi connectivity index (χ0) is 14.8. The minimum absolute atomic E-state index is 0.114. The normalized spacial score (nSPS) is 21.9. The van der Waals surface area contributed by atoms with Gasteiger partial charge in [0.2, 0.25) is 11.8 Å². The van der Waals surface area contributed by atoms with E-state index in [2.05, 4.69) is 0 Å². The monoisotopic (exact) mass is 273 g/mol. The molecule has 1 aromatic rings. The minimum atomic E-state index is -0.759. The number of rotatable bonds is 5. The highest BCUT2D eigenvalue weighted by molar-refractivity contribution is 6.21. The van der Waals surface area contributed by atoms with Gasteiger partial charge in [-0.05, 0) is 18.6 Å². The summed E-state index contributed by atoms with van der Waals surface area (Å²) in [7, 11) is 0. The first-order valence-corrected chi connectivity index (χ1v) is 6.91. The third kappa shape index (κ3) is 2.38. The second-order valence-electron chi connectivity index (χ2n) is 5.53. The molecule has 0 aromatic heterocycles. The second kappa shape index (κ2) is 5.57. The fraction of sp³-hybridized carbons (Fsp3) is 0.438. The summed E-state index contributed by atoms with van der Waals surface area (Å²) in [4.78, 5) is 37.3. The molecule has 1 heterocycles. The molecule has 1 aliphatic rings. The zero-order valence-electron chi connectivity index (χ0n) is 11.8. The van der Waals surface area contributed by atoms with Crippen LogP contribution in [-0.2, 0) is 14.4 Å². The molecule has 2 rings (SSSR count). The van der Waals surface area contributed by atoms with Gasteiger partial charge in [0.25, 0.3) is 0 Å². The van der Waals surface area contributed by atoms with Crippen molar-refractivity contribution >= 4 is 23.8 Å². The van der Waals surface area contributed by atoms with Gasteiger partial charge >= 0.3 is 0 Å². The van der Waals surface area contributed by atoms with E-state index < -0.39 is 11.3 Å². The van der Waals surface area contributed by atoms with E-state index in [1.165, 1.54) is 4.90 Å². The molecule has 0 saturated carbocycles. The largest absolute Gasteiger partial charge is 0.303 e. The Labute approximate surface area is 118 Å². The first-order chi connectivity index (χ1) is 9.53.